The molecule has 1 fully saturated rings. The standard InChI is InChI=1S/C19H28N2O3/c1-13(2)16(17(22)20-24)21-12-11-19(4,18(21)23)10-9-15-7-5-14(3)6-8-15/h5-8,13,16,24H,9-12H2,1-4H3,(H,20,22). The summed E-state index contributed by atoms with van der Waals surface area (Å²) in [6.45, 7) is 8.36. The zero-order valence-corrected chi connectivity index (χ0v) is 15.0. The molecule has 1 aromatic rings. The Morgan fingerprint density at radius 1 is 1.33 bits per heavy atom. The Morgan fingerprint density at radius 2 is 1.96 bits per heavy atom. The van der Waals surface area contributed by atoms with Gasteiger partial charge in [0, 0.05) is 12.0 Å². The SMILES string of the molecule is Cc1ccc(CCC2(C)CCN(C(C(=O)NO)C(C)C)C2=O)cc1. The highest BCUT2D eigenvalue weighted by Crippen LogP contribution is 2.38. The van der Waals surface area contributed by atoms with Crippen molar-refractivity contribution in [1.29, 1.82) is 0 Å². The predicted molar refractivity (Wildman–Crippen MR) is 92.5 cm³/mol. The summed E-state index contributed by atoms with van der Waals surface area (Å²) in [4.78, 5) is 26.5. The van der Waals surface area contributed by atoms with Crippen molar-refractivity contribution in [3.05, 3.63) is 35.4 Å². The van der Waals surface area contributed by atoms with Crippen LogP contribution in [0.2, 0.25) is 0 Å². The first kappa shape index (κ1) is 18.5. The molecule has 1 aliphatic heterocycles. The molecule has 5 heteroatoms. The van der Waals surface area contributed by atoms with Crippen molar-refractivity contribution in [2.24, 2.45) is 11.3 Å². The Morgan fingerprint density at radius 3 is 2.50 bits per heavy atom. The molecule has 2 N–H and O–H groups in total. The zero-order valence-electron chi connectivity index (χ0n) is 15.0. The Hall–Kier alpha value is -1.88. The van der Waals surface area contributed by atoms with Crippen LogP contribution < -0.4 is 5.48 Å². The van der Waals surface area contributed by atoms with Crippen LogP contribution in [0.4, 0.5) is 0 Å². The maximum Gasteiger partial charge on any atom is 0.266 e. The topological polar surface area (TPSA) is 69.6 Å². The number of hydrogen-bond acceptors (Lipinski definition) is 3. The lowest BCUT2D eigenvalue weighted by Gasteiger charge is -2.31. The number of benzene rings is 1. The highest BCUT2D eigenvalue weighted by atomic mass is 16.5. The fourth-order valence-electron chi connectivity index (χ4n) is 3.47. The highest BCUT2D eigenvalue weighted by Gasteiger charge is 2.46. The number of rotatable bonds is 6. The summed E-state index contributed by atoms with van der Waals surface area (Å²) < 4.78 is 0. The first-order chi connectivity index (χ1) is 11.3. The Bertz CT molecular complexity index is 597. The van der Waals surface area contributed by atoms with E-state index in [2.05, 4.69) is 31.2 Å². The first-order valence-corrected chi connectivity index (χ1v) is 8.59. The van der Waals surface area contributed by atoms with E-state index in [0.29, 0.717) is 6.54 Å². The molecule has 24 heavy (non-hydrogen) atoms. The van der Waals surface area contributed by atoms with E-state index in [1.165, 1.54) is 11.1 Å². The number of likely N-dealkylation sites (tertiary alicyclic amines) is 1. The third-order valence-electron chi connectivity index (χ3n) is 5.11. The summed E-state index contributed by atoms with van der Waals surface area (Å²) in [5, 5.41) is 8.97. The van der Waals surface area contributed by atoms with Crippen molar-refractivity contribution in [2.45, 2.75) is 53.0 Å². The molecule has 0 aromatic heterocycles. The van der Waals surface area contributed by atoms with E-state index >= 15 is 0 Å². The van der Waals surface area contributed by atoms with Crippen molar-refractivity contribution in [2.75, 3.05) is 6.54 Å². The van der Waals surface area contributed by atoms with Gasteiger partial charge in [-0.05, 0) is 37.7 Å². The minimum absolute atomic E-state index is 0.0110. The van der Waals surface area contributed by atoms with Crippen LogP contribution in [0.25, 0.3) is 0 Å². The summed E-state index contributed by atoms with van der Waals surface area (Å²) in [5.41, 5.74) is 3.70. The number of carbonyl (C=O) groups is 2. The van der Waals surface area contributed by atoms with Gasteiger partial charge in [-0.3, -0.25) is 14.8 Å². The summed E-state index contributed by atoms with van der Waals surface area (Å²) in [6, 6.07) is 7.75. The number of aryl methyl sites for hydroxylation is 2. The third-order valence-corrected chi connectivity index (χ3v) is 5.11. The molecule has 2 amide bonds. The number of nitrogens with zero attached hydrogens (tertiary/aromatic N) is 1. The zero-order chi connectivity index (χ0) is 17.9. The molecule has 0 spiro atoms. The van der Waals surface area contributed by atoms with Crippen molar-refractivity contribution in [3.63, 3.8) is 0 Å². The van der Waals surface area contributed by atoms with Gasteiger partial charge in [0.1, 0.15) is 6.04 Å². The van der Waals surface area contributed by atoms with Crippen molar-refractivity contribution in [3.8, 4) is 0 Å². The van der Waals surface area contributed by atoms with Crippen LogP contribution in [0.1, 0.15) is 44.7 Å². The molecule has 0 radical (unpaired) electrons. The van der Waals surface area contributed by atoms with Gasteiger partial charge in [-0.1, -0.05) is 50.6 Å². The van der Waals surface area contributed by atoms with Gasteiger partial charge in [0.15, 0.2) is 0 Å². The second-order valence-corrected chi connectivity index (χ2v) is 7.46. The van der Waals surface area contributed by atoms with Crippen molar-refractivity contribution < 1.29 is 14.8 Å². The lowest BCUT2D eigenvalue weighted by atomic mass is 9.82. The number of hydroxylamine groups is 1. The summed E-state index contributed by atoms with van der Waals surface area (Å²) >= 11 is 0. The van der Waals surface area contributed by atoms with Gasteiger partial charge in [-0.2, -0.15) is 0 Å². The molecule has 5 nitrogen and oxygen atoms in total. The first-order valence-electron chi connectivity index (χ1n) is 8.59. The molecule has 0 aliphatic carbocycles. The fourth-order valence-corrected chi connectivity index (χ4v) is 3.47. The molecule has 1 aromatic carbocycles. The van der Waals surface area contributed by atoms with Crippen molar-refractivity contribution >= 4 is 11.8 Å². The Labute approximate surface area is 144 Å². The quantitative estimate of drug-likeness (QED) is 0.621. The lowest BCUT2D eigenvalue weighted by Crippen LogP contribution is -2.51. The number of nitrogens with one attached hydrogen (secondary N) is 1. The Kier molecular flexibility index (Phi) is 5.65. The van der Waals surface area contributed by atoms with Gasteiger partial charge in [0.2, 0.25) is 5.91 Å². The van der Waals surface area contributed by atoms with Gasteiger partial charge < -0.3 is 4.90 Å². The fraction of sp³-hybridized carbons (Fsp3) is 0.579. The van der Waals surface area contributed by atoms with Crippen LogP contribution in [-0.4, -0.2) is 34.5 Å². The summed E-state index contributed by atoms with van der Waals surface area (Å²) in [6.07, 6.45) is 2.34. The minimum atomic E-state index is -0.622. The molecule has 0 saturated carbocycles. The van der Waals surface area contributed by atoms with E-state index in [9.17, 15) is 9.59 Å². The third kappa shape index (κ3) is 3.78. The average molecular weight is 332 g/mol. The average Bonchev–Trinajstić information content (AvgIpc) is 2.83. The molecule has 2 rings (SSSR count). The lowest BCUT2D eigenvalue weighted by molar-refractivity contribution is -0.147. The summed E-state index contributed by atoms with van der Waals surface area (Å²) in [7, 11) is 0. The van der Waals surface area contributed by atoms with E-state index in [1.807, 2.05) is 20.8 Å². The van der Waals surface area contributed by atoms with Crippen LogP contribution in [0.5, 0.6) is 0 Å². The smallest absolute Gasteiger partial charge is 0.266 e. The molecule has 132 valence electrons. The molecule has 2 atom stereocenters. The van der Waals surface area contributed by atoms with Crippen molar-refractivity contribution in [1.82, 2.24) is 10.4 Å². The van der Waals surface area contributed by atoms with E-state index in [0.717, 1.165) is 19.3 Å². The van der Waals surface area contributed by atoms with Crippen LogP contribution in [0.3, 0.4) is 0 Å². The highest BCUT2D eigenvalue weighted by molar-refractivity contribution is 5.91. The second kappa shape index (κ2) is 7.34. The molecular formula is C19H28N2O3. The van der Waals surface area contributed by atoms with Gasteiger partial charge in [0.25, 0.3) is 5.91 Å². The maximum absolute atomic E-state index is 12.9. The van der Waals surface area contributed by atoms with E-state index in [4.69, 9.17) is 5.21 Å². The monoisotopic (exact) mass is 332 g/mol. The number of carbonyl (C=O) groups excluding carboxylic acids is 2. The second-order valence-electron chi connectivity index (χ2n) is 7.46. The van der Waals surface area contributed by atoms with E-state index in [1.54, 1.807) is 10.4 Å². The molecule has 1 heterocycles. The van der Waals surface area contributed by atoms with Gasteiger partial charge in [0.05, 0.1) is 0 Å². The number of amides is 2. The molecule has 2 unspecified atom stereocenters. The van der Waals surface area contributed by atoms with Crippen LogP contribution in [-0.2, 0) is 16.0 Å². The largest absolute Gasteiger partial charge is 0.330 e. The normalized spacial score (nSPS) is 22.1. The van der Waals surface area contributed by atoms with E-state index in [-0.39, 0.29) is 11.8 Å². The molecule has 0 bridgehead atoms. The predicted octanol–water partition coefficient (Wildman–Crippen LogP) is 2.70. The van der Waals surface area contributed by atoms with Crippen LogP contribution >= 0.6 is 0 Å². The summed E-state index contributed by atoms with van der Waals surface area (Å²) in [5.74, 6) is -0.557. The van der Waals surface area contributed by atoms with Crippen LogP contribution in [0, 0.1) is 18.3 Å². The van der Waals surface area contributed by atoms with Gasteiger partial charge in [-0.25, -0.2) is 5.48 Å². The van der Waals surface area contributed by atoms with E-state index < -0.39 is 17.4 Å². The molecule has 1 aliphatic rings. The van der Waals surface area contributed by atoms with Gasteiger partial charge in [-0.15, -0.1) is 0 Å². The number of hydrogen-bond donors (Lipinski definition) is 2. The van der Waals surface area contributed by atoms with Crippen LogP contribution in [0.15, 0.2) is 24.3 Å². The van der Waals surface area contributed by atoms with Gasteiger partial charge >= 0.3 is 0 Å². The Balaban J connectivity index is 2.08. The molecule has 1 saturated heterocycles. The maximum atomic E-state index is 12.9. The molecular weight excluding hydrogens is 304 g/mol. The minimum Gasteiger partial charge on any atom is -0.330 e.